The Bertz CT molecular complexity index is 1240. The van der Waals surface area contributed by atoms with E-state index in [1.165, 1.54) is 19.9 Å². The van der Waals surface area contributed by atoms with Gasteiger partial charge in [0, 0.05) is 43.9 Å². The fourth-order valence-electron chi connectivity index (χ4n) is 6.17. The standard InChI is InChI=1S/C27H33N7O4/c1-32-22(35)15-27(24(32)36)14-18-16-29-26(31-23(18)34(25(27)37)20-6-2-3-7-20)30-19-8-9-21(28-17-19)38-13-12-33-10-4-5-11-33/h8-9,16-17,20H,2-7,10-15H2,1H3,(H,29,30,31). The van der Waals surface area contributed by atoms with E-state index >= 15 is 0 Å². The summed E-state index contributed by atoms with van der Waals surface area (Å²) in [6.45, 7) is 3.77. The molecule has 0 bridgehead atoms. The second-order valence-corrected chi connectivity index (χ2v) is 10.8. The van der Waals surface area contributed by atoms with Crippen molar-refractivity contribution in [1.29, 1.82) is 0 Å². The number of pyridine rings is 1. The van der Waals surface area contributed by atoms with Crippen molar-refractivity contribution in [2.75, 3.05) is 43.5 Å². The third kappa shape index (κ3) is 4.38. The molecule has 3 aliphatic heterocycles. The van der Waals surface area contributed by atoms with Crippen molar-refractivity contribution < 1.29 is 19.1 Å². The summed E-state index contributed by atoms with van der Waals surface area (Å²) in [7, 11) is 1.45. The topological polar surface area (TPSA) is 121 Å². The summed E-state index contributed by atoms with van der Waals surface area (Å²) in [5.74, 6) is 0.345. The van der Waals surface area contributed by atoms with Crippen LogP contribution in [0.2, 0.25) is 0 Å². The van der Waals surface area contributed by atoms with Crippen LogP contribution in [-0.2, 0) is 20.8 Å². The number of imide groups is 1. The number of nitrogens with zero attached hydrogens (tertiary/aromatic N) is 6. The number of rotatable bonds is 7. The average molecular weight is 520 g/mol. The smallest absolute Gasteiger partial charge is 0.245 e. The summed E-state index contributed by atoms with van der Waals surface area (Å²) in [5, 5.41) is 3.18. The van der Waals surface area contributed by atoms with E-state index in [2.05, 4.69) is 20.2 Å². The molecular weight excluding hydrogens is 486 g/mol. The summed E-state index contributed by atoms with van der Waals surface area (Å²) in [4.78, 5) is 58.2. The molecule has 2 aromatic rings. The first-order chi connectivity index (χ1) is 18.4. The number of anilines is 3. The van der Waals surface area contributed by atoms with Gasteiger partial charge in [-0.05, 0) is 44.8 Å². The van der Waals surface area contributed by atoms with Crippen LogP contribution in [0.15, 0.2) is 24.5 Å². The summed E-state index contributed by atoms with van der Waals surface area (Å²) in [5.41, 5.74) is 0.00767. The van der Waals surface area contributed by atoms with Gasteiger partial charge in [0.2, 0.25) is 29.5 Å². The highest BCUT2D eigenvalue weighted by atomic mass is 16.5. The van der Waals surface area contributed by atoms with Crippen LogP contribution in [-0.4, -0.2) is 81.8 Å². The van der Waals surface area contributed by atoms with E-state index in [1.54, 1.807) is 17.3 Å². The van der Waals surface area contributed by atoms with E-state index in [0.717, 1.165) is 50.2 Å². The summed E-state index contributed by atoms with van der Waals surface area (Å²) in [6.07, 6.45) is 9.58. The minimum Gasteiger partial charge on any atom is -0.476 e. The number of fused-ring (bicyclic) bond motifs is 1. The quantitative estimate of drug-likeness (QED) is 0.434. The molecule has 6 rings (SSSR count). The van der Waals surface area contributed by atoms with Crippen molar-refractivity contribution in [3.63, 3.8) is 0 Å². The van der Waals surface area contributed by atoms with Crippen LogP contribution in [0, 0.1) is 5.41 Å². The predicted octanol–water partition coefficient (Wildman–Crippen LogP) is 2.30. The van der Waals surface area contributed by atoms with E-state index in [1.807, 2.05) is 12.1 Å². The Balaban J connectivity index is 1.20. The molecule has 1 saturated carbocycles. The Morgan fingerprint density at radius 1 is 1.00 bits per heavy atom. The van der Waals surface area contributed by atoms with Crippen molar-refractivity contribution >= 4 is 35.2 Å². The lowest BCUT2D eigenvalue weighted by Gasteiger charge is -2.40. The van der Waals surface area contributed by atoms with Crippen molar-refractivity contribution in [3.8, 4) is 5.88 Å². The summed E-state index contributed by atoms with van der Waals surface area (Å²) >= 11 is 0. The fourth-order valence-corrected chi connectivity index (χ4v) is 6.17. The maximum Gasteiger partial charge on any atom is 0.245 e. The number of hydrogen-bond donors (Lipinski definition) is 1. The van der Waals surface area contributed by atoms with E-state index in [0.29, 0.717) is 35.5 Å². The van der Waals surface area contributed by atoms with Gasteiger partial charge in [-0.3, -0.25) is 29.1 Å². The molecule has 3 amide bonds. The molecule has 1 spiro atoms. The summed E-state index contributed by atoms with van der Waals surface area (Å²) < 4.78 is 5.79. The van der Waals surface area contributed by atoms with Gasteiger partial charge in [-0.2, -0.15) is 4.98 Å². The molecule has 1 unspecified atom stereocenters. The van der Waals surface area contributed by atoms with Gasteiger partial charge in [0.1, 0.15) is 17.8 Å². The van der Waals surface area contributed by atoms with Crippen LogP contribution < -0.4 is 15.0 Å². The van der Waals surface area contributed by atoms with E-state index < -0.39 is 11.3 Å². The van der Waals surface area contributed by atoms with Crippen LogP contribution >= 0.6 is 0 Å². The van der Waals surface area contributed by atoms with Gasteiger partial charge in [0.05, 0.1) is 18.3 Å². The van der Waals surface area contributed by atoms with Gasteiger partial charge in [-0.1, -0.05) is 12.8 Å². The second kappa shape index (κ2) is 9.94. The van der Waals surface area contributed by atoms with Gasteiger partial charge in [-0.25, -0.2) is 9.97 Å². The molecule has 3 fully saturated rings. The van der Waals surface area contributed by atoms with Crippen LogP contribution in [0.5, 0.6) is 5.88 Å². The van der Waals surface area contributed by atoms with Crippen LogP contribution in [0.3, 0.4) is 0 Å². The van der Waals surface area contributed by atoms with Gasteiger partial charge in [-0.15, -0.1) is 0 Å². The highest BCUT2D eigenvalue weighted by Crippen LogP contribution is 2.46. The maximum atomic E-state index is 13.9. The lowest BCUT2D eigenvalue weighted by Crippen LogP contribution is -2.56. The lowest BCUT2D eigenvalue weighted by molar-refractivity contribution is -0.144. The normalized spacial score (nSPS) is 24.1. The minimum absolute atomic E-state index is 0.0476. The number of hydrogen-bond acceptors (Lipinski definition) is 9. The number of carbonyl (C=O) groups excluding carboxylic acids is 3. The van der Waals surface area contributed by atoms with E-state index in [4.69, 9.17) is 9.72 Å². The maximum absolute atomic E-state index is 13.9. The second-order valence-electron chi connectivity index (χ2n) is 10.8. The van der Waals surface area contributed by atoms with Crippen molar-refractivity contribution in [2.45, 2.75) is 57.4 Å². The van der Waals surface area contributed by atoms with Crippen molar-refractivity contribution in [2.24, 2.45) is 5.41 Å². The first-order valence-corrected chi connectivity index (χ1v) is 13.5. The number of ether oxygens (including phenoxy) is 1. The molecule has 0 radical (unpaired) electrons. The highest BCUT2D eigenvalue weighted by molar-refractivity contribution is 6.21. The SMILES string of the molecule is CN1C(=O)CC2(Cc3cnc(Nc4ccc(OCCN5CCCC5)nc4)nc3N(C3CCCC3)C2=O)C1=O. The first-order valence-electron chi connectivity index (χ1n) is 13.5. The highest BCUT2D eigenvalue weighted by Gasteiger charge is 2.60. The number of carbonyl (C=O) groups is 3. The van der Waals surface area contributed by atoms with Crippen molar-refractivity contribution in [3.05, 3.63) is 30.1 Å². The molecule has 38 heavy (non-hydrogen) atoms. The van der Waals surface area contributed by atoms with Gasteiger partial charge in [0.25, 0.3) is 0 Å². The van der Waals surface area contributed by atoms with E-state index in [9.17, 15) is 14.4 Å². The number of nitrogens with one attached hydrogen (secondary N) is 1. The Labute approximate surface area is 221 Å². The molecule has 1 aliphatic carbocycles. The molecule has 1 atom stereocenters. The zero-order chi connectivity index (χ0) is 26.3. The molecule has 4 aliphatic rings. The molecule has 11 nitrogen and oxygen atoms in total. The van der Waals surface area contributed by atoms with Gasteiger partial charge in [0.15, 0.2) is 0 Å². The molecule has 200 valence electrons. The molecule has 0 aromatic carbocycles. The molecule has 11 heteroatoms. The molecular formula is C27H33N7O4. The number of aromatic nitrogens is 3. The van der Waals surface area contributed by atoms with Crippen molar-refractivity contribution in [1.82, 2.24) is 24.8 Å². The Hall–Kier alpha value is -3.60. The Morgan fingerprint density at radius 3 is 2.47 bits per heavy atom. The Morgan fingerprint density at radius 2 is 1.79 bits per heavy atom. The van der Waals surface area contributed by atoms with Gasteiger partial charge < -0.3 is 10.1 Å². The van der Waals surface area contributed by atoms with Crippen LogP contribution in [0.25, 0.3) is 0 Å². The molecule has 1 N–H and O–H groups in total. The minimum atomic E-state index is -1.39. The predicted molar refractivity (Wildman–Crippen MR) is 139 cm³/mol. The third-order valence-corrected chi connectivity index (χ3v) is 8.27. The largest absolute Gasteiger partial charge is 0.476 e. The van der Waals surface area contributed by atoms with Gasteiger partial charge >= 0.3 is 0 Å². The van der Waals surface area contributed by atoms with Crippen LogP contribution in [0.4, 0.5) is 17.5 Å². The number of amides is 3. The molecule has 2 aromatic heterocycles. The summed E-state index contributed by atoms with van der Waals surface area (Å²) in [6, 6.07) is 3.62. The zero-order valence-electron chi connectivity index (χ0n) is 21.7. The monoisotopic (exact) mass is 519 g/mol. The third-order valence-electron chi connectivity index (χ3n) is 8.27. The Kier molecular flexibility index (Phi) is 6.46. The van der Waals surface area contributed by atoms with Crippen LogP contribution in [0.1, 0.15) is 50.5 Å². The lowest BCUT2D eigenvalue weighted by atomic mass is 9.76. The van der Waals surface area contributed by atoms with E-state index in [-0.39, 0.29) is 30.7 Å². The zero-order valence-corrected chi connectivity index (χ0v) is 21.7. The first kappa shape index (κ1) is 24.7. The number of likely N-dealkylation sites (tertiary alicyclic amines) is 2. The molecule has 2 saturated heterocycles. The average Bonchev–Trinajstić information content (AvgIpc) is 3.67. The molecule has 5 heterocycles. The fraction of sp³-hybridized carbons (Fsp3) is 0.556.